The fourth-order valence-electron chi connectivity index (χ4n) is 4.81. The van der Waals surface area contributed by atoms with E-state index in [1.165, 1.54) is 18.2 Å². The van der Waals surface area contributed by atoms with Crippen molar-refractivity contribution in [2.45, 2.75) is 37.6 Å². The molecule has 0 amide bonds. The van der Waals surface area contributed by atoms with Crippen LogP contribution in [0.25, 0.3) is 0 Å². The van der Waals surface area contributed by atoms with Crippen molar-refractivity contribution in [2.24, 2.45) is 16.7 Å². The maximum absolute atomic E-state index is 13.8. The monoisotopic (exact) mass is 350 g/mol. The number of hydrogen-bond acceptors (Lipinski definition) is 6. The van der Waals surface area contributed by atoms with Gasteiger partial charge in [0.1, 0.15) is 11.9 Å². The first kappa shape index (κ1) is 16.5. The van der Waals surface area contributed by atoms with Gasteiger partial charge in [-0.05, 0) is 30.5 Å². The van der Waals surface area contributed by atoms with Crippen LogP contribution in [0.2, 0.25) is 0 Å². The van der Waals surface area contributed by atoms with Crippen LogP contribution in [0.1, 0.15) is 37.4 Å². The number of nitriles is 3. The first-order valence-corrected chi connectivity index (χ1v) is 8.45. The molecule has 4 atom stereocenters. The van der Waals surface area contributed by atoms with Crippen molar-refractivity contribution in [3.63, 3.8) is 0 Å². The van der Waals surface area contributed by atoms with E-state index in [4.69, 9.17) is 14.9 Å². The molecule has 0 unspecified atom stereocenters. The zero-order valence-electron chi connectivity index (χ0n) is 13.8. The largest absolute Gasteiger partial charge is 0.447 e. The number of benzene rings is 1. The highest BCUT2D eigenvalue weighted by Gasteiger charge is 2.80. The van der Waals surface area contributed by atoms with Crippen molar-refractivity contribution in [1.29, 1.82) is 21.2 Å². The summed E-state index contributed by atoms with van der Waals surface area (Å²) in [5, 5.41) is 38.5. The first-order chi connectivity index (χ1) is 12.5. The smallest absolute Gasteiger partial charge is 0.218 e. The number of nitrogens with one attached hydrogen (secondary N) is 1. The van der Waals surface area contributed by atoms with Crippen molar-refractivity contribution in [3.05, 3.63) is 35.6 Å². The molecule has 4 aliphatic rings. The van der Waals surface area contributed by atoms with Gasteiger partial charge in [0.15, 0.2) is 10.8 Å². The van der Waals surface area contributed by atoms with Crippen LogP contribution in [0.5, 0.6) is 0 Å². The van der Waals surface area contributed by atoms with Gasteiger partial charge in [-0.3, -0.25) is 5.41 Å². The zero-order valence-corrected chi connectivity index (χ0v) is 13.8. The number of hydrogen-bond donors (Lipinski definition) is 1. The van der Waals surface area contributed by atoms with E-state index < -0.39 is 40.4 Å². The van der Waals surface area contributed by atoms with E-state index in [2.05, 4.69) is 12.1 Å². The van der Waals surface area contributed by atoms with Gasteiger partial charge in [-0.2, -0.15) is 15.8 Å². The molecule has 1 aromatic carbocycles. The summed E-state index contributed by atoms with van der Waals surface area (Å²) in [6.07, 6.45) is 1.32. The molecule has 130 valence electrons. The second kappa shape index (κ2) is 5.27. The molecule has 1 N–H and O–H groups in total. The lowest BCUT2D eigenvalue weighted by molar-refractivity contribution is -0.360. The third kappa shape index (κ3) is 1.68. The van der Waals surface area contributed by atoms with Crippen molar-refractivity contribution in [1.82, 2.24) is 0 Å². The molecule has 6 nitrogen and oxygen atoms in total. The Hall–Kier alpha value is -2.95. The Bertz CT molecular complexity index is 913. The molecule has 0 aromatic heterocycles. The first-order valence-electron chi connectivity index (χ1n) is 8.45. The fourth-order valence-corrected chi connectivity index (χ4v) is 4.81. The van der Waals surface area contributed by atoms with Crippen molar-refractivity contribution in [3.8, 4) is 18.2 Å². The second-order valence-corrected chi connectivity index (χ2v) is 7.05. The zero-order chi connectivity index (χ0) is 18.6. The topological polar surface area (TPSA) is 114 Å². The van der Waals surface area contributed by atoms with Gasteiger partial charge in [0, 0.05) is 6.42 Å². The lowest BCUT2D eigenvalue weighted by atomic mass is 9.48. The average Bonchev–Trinajstić information content (AvgIpc) is 2.66. The van der Waals surface area contributed by atoms with E-state index in [1.54, 1.807) is 6.07 Å². The quantitative estimate of drug-likeness (QED) is 0.834. The third-order valence-electron chi connectivity index (χ3n) is 5.97. The van der Waals surface area contributed by atoms with E-state index in [1.807, 2.05) is 6.07 Å². The molecule has 4 fully saturated rings. The predicted molar refractivity (Wildman–Crippen MR) is 85.4 cm³/mol. The number of fused-ring (bicyclic) bond motifs is 2. The molecular formula is C19H15FN4O2. The Morgan fingerprint density at radius 3 is 2.58 bits per heavy atom. The molecule has 3 heterocycles. The summed E-state index contributed by atoms with van der Waals surface area (Å²) in [6, 6.07) is 11.6. The fraction of sp³-hybridized carbons (Fsp3) is 0.474. The van der Waals surface area contributed by atoms with Crippen LogP contribution in [0.3, 0.4) is 0 Å². The van der Waals surface area contributed by atoms with Gasteiger partial charge in [0.2, 0.25) is 11.7 Å². The highest BCUT2D eigenvalue weighted by molar-refractivity contribution is 5.89. The summed E-state index contributed by atoms with van der Waals surface area (Å²) >= 11 is 0. The maximum atomic E-state index is 13.8. The molecule has 2 bridgehead atoms. The minimum absolute atomic E-state index is 0.317. The lowest BCUT2D eigenvalue weighted by Crippen LogP contribution is -2.73. The summed E-state index contributed by atoms with van der Waals surface area (Å²) in [4.78, 5) is 0. The van der Waals surface area contributed by atoms with Crippen LogP contribution >= 0.6 is 0 Å². The molecule has 5 rings (SSSR count). The van der Waals surface area contributed by atoms with E-state index in [9.17, 15) is 20.2 Å². The standard InChI is InChI=1S/C19H15FN4O2/c20-13-5-3-4-12(8-13)15-18(11-23)16(24)26-19(25-15)7-2-1-6-14(19)17(18,9-21)10-22/h3-5,8,14-15,24H,1-2,6-7H2/t14-,15-,18+,19+/m0/s1. The highest BCUT2D eigenvalue weighted by atomic mass is 19.1. The molecule has 0 radical (unpaired) electrons. The van der Waals surface area contributed by atoms with Gasteiger partial charge in [0.05, 0.1) is 24.1 Å². The van der Waals surface area contributed by atoms with Gasteiger partial charge in [-0.1, -0.05) is 18.6 Å². The predicted octanol–water partition coefficient (Wildman–Crippen LogP) is 3.33. The Morgan fingerprint density at radius 2 is 1.92 bits per heavy atom. The van der Waals surface area contributed by atoms with Gasteiger partial charge < -0.3 is 9.47 Å². The van der Waals surface area contributed by atoms with Crippen LogP contribution < -0.4 is 0 Å². The van der Waals surface area contributed by atoms with E-state index in [0.29, 0.717) is 18.4 Å². The molecule has 3 saturated heterocycles. The van der Waals surface area contributed by atoms with Crippen molar-refractivity contribution >= 4 is 5.90 Å². The Kier molecular flexibility index (Phi) is 3.35. The molecule has 1 aliphatic carbocycles. The number of halogens is 1. The van der Waals surface area contributed by atoms with Crippen LogP contribution in [0, 0.1) is 62.0 Å². The Morgan fingerprint density at radius 1 is 1.15 bits per heavy atom. The van der Waals surface area contributed by atoms with Crippen LogP contribution in [0.4, 0.5) is 4.39 Å². The van der Waals surface area contributed by atoms with E-state index >= 15 is 0 Å². The molecule has 1 aromatic rings. The summed E-state index contributed by atoms with van der Waals surface area (Å²) < 4.78 is 25.8. The highest BCUT2D eigenvalue weighted by Crippen LogP contribution is 2.69. The minimum Gasteiger partial charge on any atom is -0.447 e. The SMILES string of the molecule is N#CC1(C#N)[C@@H]2CCCC[C@@]23OC(=N)[C@@]1(C#N)[C@H](c1cccc(F)c1)O3. The molecular weight excluding hydrogens is 335 g/mol. The van der Waals surface area contributed by atoms with Crippen molar-refractivity contribution < 1.29 is 13.9 Å². The van der Waals surface area contributed by atoms with E-state index in [0.717, 1.165) is 12.8 Å². The van der Waals surface area contributed by atoms with Gasteiger partial charge >= 0.3 is 0 Å². The Labute approximate surface area is 149 Å². The molecule has 1 spiro atoms. The van der Waals surface area contributed by atoms with Gasteiger partial charge in [-0.15, -0.1) is 0 Å². The van der Waals surface area contributed by atoms with Crippen molar-refractivity contribution in [2.75, 3.05) is 0 Å². The van der Waals surface area contributed by atoms with Gasteiger partial charge in [0.25, 0.3) is 0 Å². The van der Waals surface area contributed by atoms with E-state index in [-0.39, 0.29) is 0 Å². The summed E-state index contributed by atoms with van der Waals surface area (Å²) in [5.74, 6) is -2.92. The molecule has 26 heavy (non-hydrogen) atoms. The van der Waals surface area contributed by atoms with Crippen LogP contribution in [-0.2, 0) is 9.47 Å². The maximum Gasteiger partial charge on any atom is 0.218 e. The Balaban J connectivity index is 2.02. The molecule has 1 saturated carbocycles. The van der Waals surface area contributed by atoms with Crippen LogP contribution in [0.15, 0.2) is 24.3 Å². The summed E-state index contributed by atoms with van der Waals surface area (Å²) in [5.41, 5.74) is -3.43. The second-order valence-electron chi connectivity index (χ2n) is 7.05. The lowest BCUT2D eigenvalue weighted by Gasteiger charge is -2.63. The number of nitrogens with zero attached hydrogens (tertiary/aromatic N) is 3. The summed E-state index contributed by atoms with van der Waals surface area (Å²) in [6.45, 7) is 0. The number of ether oxygens (including phenoxy) is 2. The third-order valence-corrected chi connectivity index (χ3v) is 5.97. The summed E-state index contributed by atoms with van der Waals surface area (Å²) in [7, 11) is 0. The van der Waals surface area contributed by atoms with Gasteiger partial charge in [-0.25, -0.2) is 4.39 Å². The van der Waals surface area contributed by atoms with Crippen LogP contribution in [-0.4, -0.2) is 11.7 Å². The average molecular weight is 350 g/mol. The minimum atomic E-state index is -1.95. The number of rotatable bonds is 1. The molecule has 7 heteroatoms. The normalized spacial score (nSPS) is 36.8. The molecule has 3 aliphatic heterocycles.